The van der Waals surface area contributed by atoms with Crippen molar-refractivity contribution in [3.8, 4) is 5.75 Å². The molecule has 2 aromatic rings. The lowest BCUT2D eigenvalue weighted by Gasteiger charge is -2.25. The van der Waals surface area contributed by atoms with Crippen LogP contribution in [0.25, 0.3) is 0 Å². The van der Waals surface area contributed by atoms with Gasteiger partial charge in [-0.25, -0.2) is 8.42 Å². The summed E-state index contributed by atoms with van der Waals surface area (Å²) in [4.78, 5) is 11.0. The van der Waals surface area contributed by atoms with E-state index in [0.29, 0.717) is 11.4 Å². The summed E-state index contributed by atoms with van der Waals surface area (Å²) < 4.78 is 32.3. The summed E-state index contributed by atoms with van der Waals surface area (Å²) in [6, 6.07) is 13.0. The number of sulfonamides is 1. The molecule has 7 heteroatoms. The number of hydrogen-bond acceptors (Lipinski definition) is 4. The first-order chi connectivity index (χ1) is 11.4. The summed E-state index contributed by atoms with van der Waals surface area (Å²) in [5.74, 6) is -0.715. The molecule has 0 aliphatic heterocycles. The van der Waals surface area contributed by atoms with E-state index in [4.69, 9.17) is 9.84 Å². The van der Waals surface area contributed by atoms with Gasteiger partial charge in [0.25, 0.3) is 10.0 Å². The molecule has 0 amide bonds. The Morgan fingerprint density at radius 3 is 2.33 bits per heavy atom. The van der Waals surface area contributed by atoms with Gasteiger partial charge in [-0.15, -0.1) is 0 Å². The Bertz CT molecular complexity index is 815. The molecule has 0 fully saturated rings. The van der Waals surface area contributed by atoms with E-state index in [1.54, 1.807) is 36.4 Å². The zero-order valence-corrected chi connectivity index (χ0v) is 14.3. The van der Waals surface area contributed by atoms with Gasteiger partial charge in [-0.1, -0.05) is 29.8 Å². The molecule has 0 aromatic heterocycles. The van der Waals surface area contributed by atoms with E-state index in [0.717, 1.165) is 9.87 Å². The third kappa shape index (κ3) is 3.86. The standard InChI is InChI=1S/C17H19NO5S/c1-13-7-9-14(10-8-13)24(21,22)18(12-11-17(19)20)15-5-3-4-6-16(15)23-2/h3-10H,11-12H2,1-2H3,(H,19,20). The first-order valence-corrected chi connectivity index (χ1v) is 8.74. The Labute approximate surface area is 141 Å². The number of hydrogen-bond donors (Lipinski definition) is 1. The summed E-state index contributed by atoms with van der Waals surface area (Å²) in [5.41, 5.74) is 1.24. The Hall–Kier alpha value is -2.54. The molecule has 0 spiro atoms. The molecule has 128 valence electrons. The van der Waals surface area contributed by atoms with Crippen molar-refractivity contribution >= 4 is 21.7 Å². The summed E-state index contributed by atoms with van der Waals surface area (Å²) in [5, 5.41) is 8.96. The average Bonchev–Trinajstić information content (AvgIpc) is 2.55. The van der Waals surface area contributed by atoms with Crippen LogP contribution in [-0.4, -0.2) is 33.1 Å². The van der Waals surface area contributed by atoms with Gasteiger partial charge in [0, 0.05) is 6.54 Å². The maximum atomic E-state index is 13.0. The van der Waals surface area contributed by atoms with Crippen molar-refractivity contribution in [1.29, 1.82) is 0 Å². The predicted molar refractivity (Wildman–Crippen MR) is 91.0 cm³/mol. The van der Waals surface area contributed by atoms with Gasteiger partial charge in [0.1, 0.15) is 5.75 Å². The normalized spacial score (nSPS) is 11.1. The number of carboxylic acid groups (broad SMARTS) is 1. The second-order valence-electron chi connectivity index (χ2n) is 5.21. The van der Waals surface area contributed by atoms with Crippen LogP contribution in [0.3, 0.4) is 0 Å². The van der Waals surface area contributed by atoms with Gasteiger partial charge in [-0.05, 0) is 31.2 Å². The third-order valence-electron chi connectivity index (χ3n) is 3.49. The van der Waals surface area contributed by atoms with E-state index in [1.807, 2.05) is 6.92 Å². The highest BCUT2D eigenvalue weighted by molar-refractivity contribution is 7.92. The van der Waals surface area contributed by atoms with Crippen LogP contribution in [0.4, 0.5) is 5.69 Å². The molecule has 1 N–H and O–H groups in total. The molecule has 0 radical (unpaired) electrons. The maximum absolute atomic E-state index is 13.0. The zero-order chi connectivity index (χ0) is 17.7. The van der Waals surface area contributed by atoms with E-state index in [1.165, 1.54) is 19.2 Å². The van der Waals surface area contributed by atoms with Gasteiger partial charge >= 0.3 is 5.97 Å². The van der Waals surface area contributed by atoms with Gasteiger partial charge in [-0.3, -0.25) is 9.10 Å². The van der Waals surface area contributed by atoms with Crippen LogP contribution in [0.15, 0.2) is 53.4 Å². The first-order valence-electron chi connectivity index (χ1n) is 7.30. The fraction of sp³-hybridized carbons (Fsp3) is 0.235. The number of aryl methyl sites for hydroxylation is 1. The second kappa shape index (κ2) is 7.35. The summed E-state index contributed by atoms with van der Waals surface area (Å²) in [6.07, 6.45) is -0.316. The number of para-hydroxylation sites is 2. The highest BCUT2D eigenvalue weighted by atomic mass is 32.2. The molecule has 0 saturated carbocycles. The number of benzene rings is 2. The number of nitrogens with zero attached hydrogens (tertiary/aromatic N) is 1. The first kappa shape index (κ1) is 17.8. The van der Waals surface area contributed by atoms with E-state index in [9.17, 15) is 13.2 Å². The van der Waals surface area contributed by atoms with E-state index in [2.05, 4.69) is 0 Å². The molecule has 0 atom stereocenters. The molecule has 0 unspecified atom stereocenters. The number of carbonyl (C=O) groups is 1. The van der Waals surface area contributed by atoms with E-state index < -0.39 is 16.0 Å². The highest BCUT2D eigenvalue weighted by Gasteiger charge is 2.27. The molecule has 24 heavy (non-hydrogen) atoms. The topological polar surface area (TPSA) is 83.9 Å². The molecular formula is C17H19NO5S. The maximum Gasteiger partial charge on any atom is 0.305 e. The zero-order valence-electron chi connectivity index (χ0n) is 13.5. The number of methoxy groups -OCH3 is 1. The molecule has 2 aromatic carbocycles. The Kier molecular flexibility index (Phi) is 5.46. The Balaban J connectivity index is 2.52. The molecule has 0 saturated heterocycles. The summed E-state index contributed by atoms with van der Waals surface area (Å²) in [7, 11) is -2.47. The van der Waals surface area contributed by atoms with Gasteiger partial charge in [0.2, 0.25) is 0 Å². The summed E-state index contributed by atoms with van der Waals surface area (Å²) >= 11 is 0. The van der Waals surface area contributed by atoms with Gasteiger partial charge in [0.05, 0.1) is 24.1 Å². The van der Waals surface area contributed by atoms with Gasteiger partial charge in [0.15, 0.2) is 0 Å². The molecular weight excluding hydrogens is 330 g/mol. The van der Waals surface area contributed by atoms with Crippen molar-refractivity contribution in [3.05, 3.63) is 54.1 Å². The van der Waals surface area contributed by atoms with Crippen LogP contribution >= 0.6 is 0 Å². The molecule has 0 aliphatic rings. The Morgan fingerprint density at radius 2 is 1.75 bits per heavy atom. The van der Waals surface area contributed by atoms with Gasteiger partial charge in [-0.2, -0.15) is 0 Å². The monoisotopic (exact) mass is 349 g/mol. The fourth-order valence-corrected chi connectivity index (χ4v) is 3.72. The van der Waals surface area contributed by atoms with Crippen molar-refractivity contribution in [2.45, 2.75) is 18.2 Å². The average molecular weight is 349 g/mol. The third-order valence-corrected chi connectivity index (χ3v) is 5.32. The van der Waals surface area contributed by atoms with Crippen molar-refractivity contribution < 1.29 is 23.1 Å². The molecule has 0 aliphatic carbocycles. The van der Waals surface area contributed by atoms with Crippen LogP contribution in [0.2, 0.25) is 0 Å². The Morgan fingerprint density at radius 1 is 1.12 bits per heavy atom. The minimum absolute atomic E-state index is 0.101. The van der Waals surface area contributed by atoms with E-state index in [-0.39, 0.29) is 17.9 Å². The predicted octanol–water partition coefficient (Wildman–Crippen LogP) is 2.67. The fourth-order valence-electron chi connectivity index (χ4n) is 2.24. The van der Waals surface area contributed by atoms with Crippen LogP contribution in [0, 0.1) is 6.92 Å². The van der Waals surface area contributed by atoms with Crippen LogP contribution in [0.1, 0.15) is 12.0 Å². The van der Waals surface area contributed by atoms with Crippen molar-refractivity contribution in [2.75, 3.05) is 18.0 Å². The highest BCUT2D eigenvalue weighted by Crippen LogP contribution is 2.32. The quantitative estimate of drug-likeness (QED) is 0.831. The number of anilines is 1. The van der Waals surface area contributed by atoms with Crippen molar-refractivity contribution in [2.24, 2.45) is 0 Å². The molecule has 0 heterocycles. The van der Waals surface area contributed by atoms with E-state index >= 15 is 0 Å². The number of ether oxygens (including phenoxy) is 1. The minimum Gasteiger partial charge on any atom is -0.495 e. The van der Waals surface area contributed by atoms with Gasteiger partial charge < -0.3 is 9.84 Å². The molecule has 6 nitrogen and oxygen atoms in total. The van der Waals surface area contributed by atoms with Crippen LogP contribution in [0.5, 0.6) is 5.75 Å². The number of carboxylic acids is 1. The number of rotatable bonds is 7. The SMILES string of the molecule is COc1ccccc1N(CCC(=O)O)S(=O)(=O)c1ccc(C)cc1. The van der Waals surface area contributed by atoms with Crippen molar-refractivity contribution in [3.63, 3.8) is 0 Å². The second-order valence-corrected chi connectivity index (χ2v) is 7.07. The van der Waals surface area contributed by atoms with Crippen LogP contribution < -0.4 is 9.04 Å². The molecule has 0 bridgehead atoms. The number of aliphatic carboxylic acids is 1. The van der Waals surface area contributed by atoms with Crippen molar-refractivity contribution in [1.82, 2.24) is 0 Å². The van der Waals surface area contributed by atoms with Crippen LogP contribution in [-0.2, 0) is 14.8 Å². The largest absolute Gasteiger partial charge is 0.495 e. The lowest BCUT2D eigenvalue weighted by molar-refractivity contribution is -0.136. The smallest absolute Gasteiger partial charge is 0.305 e. The lowest BCUT2D eigenvalue weighted by Crippen LogP contribution is -2.33. The lowest BCUT2D eigenvalue weighted by atomic mass is 10.2. The molecule has 2 rings (SSSR count). The summed E-state index contributed by atoms with van der Waals surface area (Å²) in [6.45, 7) is 1.67. The minimum atomic E-state index is -3.91.